The van der Waals surface area contributed by atoms with Crippen molar-refractivity contribution in [3.05, 3.63) is 35.9 Å². The van der Waals surface area contributed by atoms with E-state index < -0.39 is 8.07 Å². The van der Waals surface area contributed by atoms with Gasteiger partial charge >= 0.3 is 0 Å². The van der Waals surface area contributed by atoms with Crippen molar-refractivity contribution in [2.75, 3.05) is 0 Å². The minimum absolute atomic E-state index is 0.468. The van der Waals surface area contributed by atoms with Crippen LogP contribution in [0.4, 0.5) is 0 Å². The summed E-state index contributed by atoms with van der Waals surface area (Å²) in [6.45, 7) is 7.30. The minimum atomic E-state index is -1.08. The molecule has 3 rings (SSSR count). The molecule has 2 aliphatic rings. The summed E-state index contributed by atoms with van der Waals surface area (Å²) in [5.74, 6) is 0.820. The number of rotatable bonds is 5. The highest BCUT2D eigenvalue weighted by atomic mass is 28.3. The van der Waals surface area contributed by atoms with Gasteiger partial charge in [0.05, 0.1) is 6.04 Å². The number of hydrogen-bond donors (Lipinski definition) is 1. The van der Waals surface area contributed by atoms with Crippen LogP contribution in [0.5, 0.6) is 0 Å². The molecule has 1 saturated heterocycles. The molecule has 126 valence electrons. The van der Waals surface area contributed by atoms with E-state index in [-0.39, 0.29) is 0 Å². The fraction of sp³-hybridized carbons (Fsp3) is 0.632. The first-order chi connectivity index (χ1) is 10.9. The van der Waals surface area contributed by atoms with E-state index in [1.54, 1.807) is 0 Å². The van der Waals surface area contributed by atoms with Crippen LogP contribution in [0.3, 0.4) is 0 Å². The van der Waals surface area contributed by atoms with Gasteiger partial charge in [0.25, 0.3) is 0 Å². The maximum Gasteiger partial charge on any atom is 0.192 e. The predicted molar refractivity (Wildman–Crippen MR) is 102 cm³/mol. The van der Waals surface area contributed by atoms with Gasteiger partial charge in [-0.25, -0.2) is 0 Å². The van der Waals surface area contributed by atoms with Gasteiger partial charge in [0.2, 0.25) is 0 Å². The van der Waals surface area contributed by atoms with Crippen molar-refractivity contribution < 1.29 is 0 Å². The van der Waals surface area contributed by atoms with Crippen LogP contribution < -0.4 is 5.73 Å². The quantitative estimate of drug-likeness (QED) is 0.833. The number of hydrogen-bond acceptors (Lipinski definition) is 3. The van der Waals surface area contributed by atoms with Gasteiger partial charge in [-0.1, -0.05) is 50.0 Å². The van der Waals surface area contributed by atoms with Gasteiger partial charge < -0.3 is 10.6 Å². The average molecular weight is 330 g/mol. The van der Waals surface area contributed by atoms with Gasteiger partial charge in [0, 0.05) is 20.2 Å². The fourth-order valence-corrected chi connectivity index (χ4v) is 5.96. The molecule has 2 heterocycles. The molecule has 0 amide bonds. The number of nitrogens with zero attached hydrogens (tertiary/aromatic N) is 2. The van der Waals surface area contributed by atoms with E-state index in [4.69, 9.17) is 10.7 Å². The molecule has 4 heteroatoms. The number of aryl methyl sites for hydroxylation is 1. The van der Waals surface area contributed by atoms with E-state index in [2.05, 4.69) is 54.9 Å². The Morgan fingerprint density at radius 1 is 1.17 bits per heavy atom. The Balaban J connectivity index is 1.63. The van der Waals surface area contributed by atoms with Crippen molar-refractivity contribution in [1.29, 1.82) is 0 Å². The summed E-state index contributed by atoms with van der Waals surface area (Å²) in [5.41, 5.74) is 7.81. The zero-order valence-corrected chi connectivity index (χ0v) is 15.8. The van der Waals surface area contributed by atoms with Crippen LogP contribution in [-0.4, -0.2) is 37.1 Å². The van der Waals surface area contributed by atoms with Crippen molar-refractivity contribution in [2.24, 2.45) is 10.7 Å². The van der Waals surface area contributed by atoms with Crippen LogP contribution >= 0.6 is 0 Å². The van der Waals surface area contributed by atoms with E-state index >= 15 is 0 Å². The number of nitrogens with two attached hydrogens (primary N) is 1. The van der Waals surface area contributed by atoms with Crippen LogP contribution in [-0.2, 0) is 6.42 Å². The molecule has 0 aliphatic carbocycles. The Morgan fingerprint density at radius 3 is 2.61 bits per heavy atom. The van der Waals surface area contributed by atoms with E-state index in [0.29, 0.717) is 18.1 Å². The number of guanidine groups is 1. The molecule has 2 N–H and O–H groups in total. The molecule has 3 nitrogen and oxygen atoms in total. The average Bonchev–Trinajstić information content (AvgIpc) is 2.88. The summed E-state index contributed by atoms with van der Waals surface area (Å²) in [6, 6.07) is 13.8. The molecule has 1 aromatic carbocycles. The monoisotopic (exact) mass is 329 g/mol. The summed E-state index contributed by atoms with van der Waals surface area (Å²) < 4.78 is 0. The van der Waals surface area contributed by atoms with Crippen LogP contribution in [0, 0.1) is 0 Å². The maximum atomic E-state index is 6.38. The molecule has 1 aromatic rings. The van der Waals surface area contributed by atoms with Crippen molar-refractivity contribution in [3.63, 3.8) is 0 Å². The Bertz CT molecular complexity index is 549. The molecular formula is C19H31N3Si. The van der Waals surface area contributed by atoms with E-state index in [1.807, 2.05) is 0 Å². The minimum Gasteiger partial charge on any atom is -0.370 e. The van der Waals surface area contributed by atoms with Gasteiger partial charge in [0.1, 0.15) is 0 Å². The lowest BCUT2D eigenvalue weighted by Gasteiger charge is -2.38. The SMILES string of the molecule is C[Si](C)(C)CC1C[C@H]2CC[C@H](CCc3ccccc3)N2C(N)=N1. The van der Waals surface area contributed by atoms with Crippen molar-refractivity contribution in [2.45, 2.75) is 75.9 Å². The second-order valence-electron chi connectivity index (χ2n) is 8.46. The van der Waals surface area contributed by atoms with Crippen LogP contribution in [0.25, 0.3) is 0 Å². The Morgan fingerprint density at radius 2 is 1.91 bits per heavy atom. The van der Waals surface area contributed by atoms with Crippen LogP contribution in [0.2, 0.25) is 25.7 Å². The first-order valence-electron chi connectivity index (χ1n) is 9.08. The second-order valence-corrected chi connectivity index (χ2v) is 14.0. The first-order valence-corrected chi connectivity index (χ1v) is 12.8. The standard InChI is InChI=1S/C19H31N3Si/c1-23(2,3)14-16-13-18-12-11-17(22(18)19(20)21-16)10-9-15-7-5-4-6-8-15/h4-8,16-18H,9-14H2,1-3H3,(H2,20,21)/t16?,17-,18+/m0/s1. The van der Waals surface area contributed by atoms with Crippen molar-refractivity contribution in [3.8, 4) is 0 Å². The van der Waals surface area contributed by atoms with Crippen molar-refractivity contribution >= 4 is 14.0 Å². The molecule has 0 radical (unpaired) electrons. The molecule has 1 fully saturated rings. The first kappa shape index (κ1) is 16.6. The lowest BCUT2D eigenvalue weighted by Crippen LogP contribution is -2.51. The molecule has 2 aliphatic heterocycles. The van der Waals surface area contributed by atoms with E-state index in [0.717, 1.165) is 12.4 Å². The number of fused-ring (bicyclic) bond motifs is 1. The summed E-state index contributed by atoms with van der Waals surface area (Å²) in [4.78, 5) is 7.32. The fourth-order valence-electron chi connectivity index (χ4n) is 4.28. The zero-order valence-electron chi connectivity index (χ0n) is 14.8. The Hall–Kier alpha value is -1.29. The molecular weight excluding hydrogens is 298 g/mol. The smallest absolute Gasteiger partial charge is 0.192 e. The summed E-state index contributed by atoms with van der Waals surface area (Å²) in [6.07, 6.45) is 6.10. The van der Waals surface area contributed by atoms with Gasteiger partial charge in [-0.05, 0) is 43.7 Å². The summed E-state index contributed by atoms with van der Waals surface area (Å²) >= 11 is 0. The Kier molecular flexibility index (Phi) is 4.81. The molecule has 3 atom stereocenters. The third-order valence-electron chi connectivity index (χ3n) is 5.20. The highest BCUT2D eigenvalue weighted by Crippen LogP contribution is 2.34. The lowest BCUT2D eigenvalue weighted by atomic mass is 10.0. The molecule has 1 unspecified atom stereocenters. The molecule has 0 saturated carbocycles. The highest BCUT2D eigenvalue weighted by Gasteiger charge is 2.39. The second kappa shape index (κ2) is 6.68. The molecule has 23 heavy (non-hydrogen) atoms. The normalized spacial score (nSPS) is 27.7. The van der Waals surface area contributed by atoms with Gasteiger partial charge in [-0.3, -0.25) is 4.99 Å². The maximum absolute atomic E-state index is 6.38. The predicted octanol–water partition coefficient (Wildman–Crippen LogP) is 3.88. The summed E-state index contributed by atoms with van der Waals surface area (Å²) in [7, 11) is -1.08. The van der Waals surface area contributed by atoms with Gasteiger partial charge in [-0.15, -0.1) is 0 Å². The summed E-state index contributed by atoms with van der Waals surface area (Å²) in [5, 5.41) is 0. The Labute approximate surface area is 142 Å². The highest BCUT2D eigenvalue weighted by molar-refractivity contribution is 6.76. The van der Waals surface area contributed by atoms with E-state index in [1.165, 1.54) is 37.3 Å². The topological polar surface area (TPSA) is 41.6 Å². The number of aliphatic imine (C=N–C) groups is 1. The molecule has 0 bridgehead atoms. The van der Waals surface area contributed by atoms with Crippen LogP contribution in [0.1, 0.15) is 31.2 Å². The molecule has 0 spiro atoms. The zero-order chi connectivity index (χ0) is 16.4. The molecule has 0 aromatic heterocycles. The third kappa shape index (κ3) is 4.17. The van der Waals surface area contributed by atoms with Gasteiger partial charge in [0.15, 0.2) is 5.96 Å². The van der Waals surface area contributed by atoms with Crippen molar-refractivity contribution in [1.82, 2.24) is 4.90 Å². The number of benzene rings is 1. The van der Waals surface area contributed by atoms with E-state index in [9.17, 15) is 0 Å². The van der Waals surface area contributed by atoms with Gasteiger partial charge in [-0.2, -0.15) is 0 Å². The third-order valence-corrected chi connectivity index (χ3v) is 6.90. The van der Waals surface area contributed by atoms with Crippen LogP contribution in [0.15, 0.2) is 35.3 Å². The lowest BCUT2D eigenvalue weighted by molar-refractivity contribution is 0.259. The largest absolute Gasteiger partial charge is 0.370 e.